The van der Waals surface area contributed by atoms with E-state index in [2.05, 4.69) is 6.92 Å². The SMILES string of the molecule is CCCCCC[C@@H](C)Oc1ccc(CCC(N)(CO)CO)cc1C(F)(F)F. The summed E-state index contributed by atoms with van der Waals surface area (Å²) in [6, 6.07) is 3.98. The molecule has 4 N–H and O–H groups in total. The van der Waals surface area contributed by atoms with Gasteiger partial charge in [-0.05, 0) is 50.3 Å². The molecule has 0 aliphatic heterocycles. The monoisotopic (exact) mass is 391 g/mol. The van der Waals surface area contributed by atoms with Crippen LogP contribution in [0.5, 0.6) is 5.75 Å². The van der Waals surface area contributed by atoms with Crippen molar-refractivity contribution in [1.29, 1.82) is 0 Å². The van der Waals surface area contributed by atoms with E-state index >= 15 is 0 Å². The van der Waals surface area contributed by atoms with Gasteiger partial charge >= 0.3 is 6.18 Å². The van der Waals surface area contributed by atoms with Crippen LogP contribution in [0.2, 0.25) is 0 Å². The van der Waals surface area contributed by atoms with Crippen LogP contribution in [-0.2, 0) is 12.6 Å². The van der Waals surface area contributed by atoms with Crippen LogP contribution >= 0.6 is 0 Å². The first-order valence-electron chi connectivity index (χ1n) is 9.52. The Balaban J connectivity index is 2.84. The Bertz CT molecular complexity index is 560. The second kappa shape index (κ2) is 10.9. The molecule has 0 spiro atoms. The zero-order valence-electron chi connectivity index (χ0n) is 16.2. The molecule has 0 heterocycles. The number of benzene rings is 1. The number of aryl methyl sites for hydroxylation is 1. The lowest BCUT2D eigenvalue weighted by Gasteiger charge is -2.25. The average Bonchev–Trinajstić information content (AvgIpc) is 2.63. The molecule has 156 valence electrons. The zero-order chi connectivity index (χ0) is 20.5. The Kier molecular flexibility index (Phi) is 9.56. The van der Waals surface area contributed by atoms with Crippen LogP contribution in [0.1, 0.15) is 63.5 Å². The van der Waals surface area contributed by atoms with Crippen molar-refractivity contribution in [1.82, 2.24) is 0 Å². The van der Waals surface area contributed by atoms with Crippen molar-refractivity contribution in [2.24, 2.45) is 5.73 Å². The summed E-state index contributed by atoms with van der Waals surface area (Å²) in [5.74, 6) is -0.169. The number of ether oxygens (including phenoxy) is 1. The fourth-order valence-corrected chi connectivity index (χ4v) is 2.79. The van der Waals surface area contributed by atoms with Crippen molar-refractivity contribution >= 4 is 0 Å². The molecular formula is C20H32F3NO3. The molecule has 0 aliphatic carbocycles. The highest BCUT2D eigenvalue weighted by atomic mass is 19.4. The number of hydrogen-bond acceptors (Lipinski definition) is 4. The van der Waals surface area contributed by atoms with Crippen LogP contribution in [0.15, 0.2) is 18.2 Å². The number of hydrogen-bond donors (Lipinski definition) is 3. The quantitative estimate of drug-likeness (QED) is 0.470. The van der Waals surface area contributed by atoms with Crippen molar-refractivity contribution in [3.8, 4) is 5.75 Å². The van der Waals surface area contributed by atoms with Crippen LogP contribution in [0.4, 0.5) is 13.2 Å². The number of halogens is 3. The van der Waals surface area contributed by atoms with Gasteiger partial charge in [0.1, 0.15) is 5.75 Å². The van der Waals surface area contributed by atoms with Gasteiger partial charge in [-0.3, -0.25) is 0 Å². The summed E-state index contributed by atoms with van der Waals surface area (Å²) in [4.78, 5) is 0. The lowest BCUT2D eigenvalue weighted by atomic mass is 9.93. The van der Waals surface area contributed by atoms with Crippen LogP contribution in [-0.4, -0.2) is 35.1 Å². The van der Waals surface area contributed by atoms with E-state index in [0.717, 1.165) is 31.7 Å². The van der Waals surface area contributed by atoms with E-state index in [4.69, 9.17) is 10.5 Å². The van der Waals surface area contributed by atoms with Crippen molar-refractivity contribution < 1.29 is 28.1 Å². The van der Waals surface area contributed by atoms with Gasteiger partial charge in [0.15, 0.2) is 0 Å². The maximum Gasteiger partial charge on any atom is 0.419 e. The first kappa shape index (κ1) is 23.7. The summed E-state index contributed by atoms with van der Waals surface area (Å²) in [5.41, 5.74) is 4.20. The minimum atomic E-state index is -4.53. The highest BCUT2D eigenvalue weighted by Crippen LogP contribution is 2.38. The molecule has 0 unspecified atom stereocenters. The fraction of sp³-hybridized carbons (Fsp3) is 0.700. The third-order valence-electron chi connectivity index (χ3n) is 4.68. The second-order valence-corrected chi connectivity index (χ2v) is 7.28. The molecule has 1 aromatic carbocycles. The molecule has 0 amide bonds. The van der Waals surface area contributed by atoms with Crippen LogP contribution in [0, 0.1) is 0 Å². The van der Waals surface area contributed by atoms with Gasteiger partial charge in [0.05, 0.1) is 30.4 Å². The molecule has 1 atom stereocenters. The van der Waals surface area contributed by atoms with E-state index in [1.165, 1.54) is 6.07 Å². The average molecular weight is 391 g/mol. The van der Waals surface area contributed by atoms with E-state index in [1.54, 1.807) is 13.0 Å². The number of aliphatic hydroxyl groups excluding tert-OH is 2. The third kappa shape index (κ3) is 8.07. The molecule has 0 fully saturated rings. The van der Waals surface area contributed by atoms with E-state index in [0.29, 0.717) is 12.0 Å². The van der Waals surface area contributed by atoms with Gasteiger partial charge in [-0.15, -0.1) is 0 Å². The van der Waals surface area contributed by atoms with Crippen LogP contribution in [0.3, 0.4) is 0 Å². The van der Waals surface area contributed by atoms with Gasteiger partial charge in [-0.2, -0.15) is 13.2 Å². The summed E-state index contributed by atoms with van der Waals surface area (Å²) >= 11 is 0. The topological polar surface area (TPSA) is 75.7 Å². The number of alkyl halides is 3. The highest BCUT2D eigenvalue weighted by Gasteiger charge is 2.35. The fourth-order valence-electron chi connectivity index (χ4n) is 2.79. The largest absolute Gasteiger partial charge is 0.490 e. The molecule has 0 bridgehead atoms. The third-order valence-corrected chi connectivity index (χ3v) is 4.68. The highest BCUT2D eigenvalue weighted by molar-refractivity contribution is 5.39. The van der Waals surface area contributed by atoms with E-state index in [-0.39, 0.29) is 24.7 Å². The Morgan fingerprint density at radius 2 is 1.78 bits per heavy atom. The summed E-state index contributed by atoms with van der Waals surface area (Å²) < 4.78 is 45.9. The Hall–Kier alpha value is -1.31. The molecule has 0 saturated heterocycles. The Labute approximate surface area is 159 Å². The summed E-state index contributed by atoms with van der Waals surface area (Å²) in [6.07, 6.45) is 0.461. The van der Waals surface area contributed by atoms with Gasteiger partial charge in [0.25, 0.3) is 0 Å². The molecule has 0 radical (unpaired) electrons. The molecule has 0 aliphatic rings. The molecule has 1 aromatic rings. The maximum absolute atomic E-state index is 13.5. The summed E-state index contributed by atoms with van der Waals surface area (Å²) in [5, 5.41) is 18.4. The van der Waals surface area contributed by atoms with Gasteiger partial charge in [0.2, 0.25) is 0 Å². The van der Waals surface area contributed by atoms with E-state index in [1.807, 2.05) is 0 Å². The predicted molar refractivity (Wildman–Crippen MR) is 99.7 cm³/mol. The lowest BCUT2D eigenvalue weighted by Crippen LogP contribution is -2.47. The lowest BCUT2D eigenvalue weighted by molar-refractivity contribution is -0.139. The van der Waals surface area contributed by atoms with E-state index < -0.39 is 30.5 Å². The molecule has 7 heteroatoms. The summed E-state index contributed by atoms with van der Waals surface area (Å²) in [6.45, 7) is 3.01. The number of nitrogens with two attached hydrogens (primary N) is 1. The van der Waals surface area contributed by atoms with Crippen molar-refractivity contribution in [3.05, 3.63) is 29.3 Å². The second-order valence-electron chi connectivity index (χ2n) is 7.28. The predicted octanol–water partition coefficient (Wildman–Crippen LogP) is 4.06. The summed E-state index contributed by atoms with van der Waals surface area (Å²) in [7, 11) is 0. The van der Waals surface area contributed by atoms with Gasteiger partial charge < -0.3 is 20.7 Å². The minimum absolute atomic E-state index is 0.169. The van der Waals surface area contributed by atoms with Crippen molar-refractivity contribution in [2.75, 3.05) is 13.2 Å². The Morgan fingerprint density at radius 3 is 2.33 bits per heavy atom. The number of unbranched alkanes of at least 4 members (excludes halogenated alkanes) is 3. The normalized spacial score (nSPS) is 13.6. The maximum atomic E-state index is 13.5. The van der Waals surface area contributed by atoms with Gasteiger partial charge in [0, 0.05) is 0 Å². The van der Waals surface area contributed by atoms with Crippen molar-refractivity contribution in [3.63, 3.8) is 0 Å². The van der Waals surface area contributed by atoms with Crippen LogP contribution < -0.4 is 10.5 Å². The first-order valence-corrected chi connectivity index (χ1v) is 9.52. The molecular weight excluding hydrogens is 359 g/mol. The standard InChI is InChI=1S/C20H32F3NO3/c1-3-4-5-6-7-15(2)27-18-9-8-16(12-17(18)20(21,22)23)10-11-19(24,13-25)14-26/h8-9,12,15,25-26H,3-7,10-11,13-14,24H2,1-2H3/t15-/m1/s1. The zero-order valence-corrected chi connectivity index (χ0v) is 16.2. The molecule has 27 heavy (non-hydrogen) atoms. The number of rotatable bonds is 12. The smallest absolute Gasteiger partial charge is 0.419 e. The molecule has 1 rings (SSSR count). The molecule has 4 nitrogen and oxygen atoms in total. The van der Waals surface area contributed by atoms with Gasteiger partial charge in [-0.25, -0.2) is 0 Å². The Morgan fingerprint density at radius 1 is 1.11 bits per heavy atom. The minimum Gasteiger partial charge on any atom is -0.490 e. The van der Waals surface area contributed by atoms with Crippen molar-refractivity contribution in [2.45, 2.75) is 76.6 Å². The van der Waals surface area contributed by atoms with E-state index in [9.17, 15) is 23.4 Å². The van der Waals surface area contributed by atoms with Gasteiger partial charge in [-0.1, -0.05) is 32.3 Å². The van der Waals surface area contributed by atoms with Crippen LogP contribution in [0.25, 0.3) is 0 Å². The number of aliphatic hydroxyl groups is 2. The first-order chi connectivity index (χ1) is 12.6. The molecule has 0 saturated carbocycles. The molecule has 0 aromatic heterocycles.